The van der Waals surface area contributed by atoms with Crippen molar-refractivity contribution in [3.05, 3.63) is 28.0 Å². The van der Waals surface area contributed by atoms with E-state index in [9.17, 15) is 12.8 Å². The zero-order chi connectivity index (χ0) is 15.6. The number of hydrogen-bond donors (Lipinski definition) is 1. The summed E-state index contributed by atoms with van der Waals surface area (Å²) in [5.41, 5.74) is 5.66. The topological polar surface area (TPSA) is 63.4 Å². The third-order valence-electron chi connectivity index (χ3n) is 3.98. The number of nitrogens with two attached hydrogens (primary N) is 1. The number of benzene rings is 1. The van der Waals surface area contributed by atoms with E-state index < -0.39 is 15.8 Å². The maximum atomic E-state index is 14.3. The van der Waals surface area contributed by atoms with Gasteiger partial charge in [0, 0.05) is 30.2 Å². The van der Waals surface area contributed by atoms with Crippen molar-refractivity contribution in [2.75, 3.05) is 13.6 Å². The van der Waals surface area contributed by atoms with E-state index in [1.54, 1.807) is 0 Å². The molecule has 1 aliphatic carbocycles. The highest BCUT2D eigenvalue weighted by Crippen LogP contribution is 2.29. The Kier molecular flexibility index (Phi) is 5.40. The van der Waals surface area contributed by atoms with Gasteiger partial charge in [-0.15, -0.1) is 0 Å². The lowest BCUT2D eigenvalue weighted by Gasteiger charge is -2.21. The van der Waals surface area contributed by atoms with E-state index in [1.807, 2.05) is 0 Å². The van der Waals surface area contributed by atoms with Crippen LogP contribution in [-0.2, 0) is 16.6 Å². The Labute approximate surface area is 133 Å². The highest BCUT2D eigenvalue weighted by Gasteiger charge is 2.29. The van der Waals surface area contributed by atoms with Gasteiger partial charge in [0.05, 0.1) is 0 Å². The van der Waals surface area contributed by atoms with Crippen LogP contribution < -0.4 is 5.73 Å². The molecule has 0 amide bonds. The van der Waals surface area contributed by atoms with Gasteiger partial charge in [-0.1, -0.05) is 28.8 Å². The molecule has 7 heteroatoms. The summed E-state index contributed by atoms with van der Waals surface area (Å²) in [6, 6.07) is 2.81. The van der Waals surface area contributed by atoms with Gasteiger partial charge in [-0.05, 0) is 30.9 Å². The molecule has 0 saturated heterocycles. The predicted octanol–water partition coefficient (Wildman–Crippen LogP) is 2.86. The molecule has 0 spiro atoms. The lowest BCUT2D eigenvalue weighted by atomic mass is 10.1. The summed E-state index contributed by atoms with van der Waals surface area (Å²) in [5.74, 6) is -0.382. The molecule has 0 atom stereocenters. The second-order valence-corrected chi connectivity index (χ2v) is 8.45. The Morgan fingerprint density at radius 1 is 1.38 bits per heavy atom. The Morgan fingerprint density at radius 3 is 2.57 bits per heavy atom. The number of hydrogen-bond acceptors (Lipinski definition) is 3. The monoisotopic (exact) mass is 378 g/mol. The van der Waals surface area contributed by atoms with Gasteiger partial charge < -0.3 is 5.73 Å². The average molecular weight is 379 g/mol. The summed E-state index contributed by atoms with van der Waals surface area (Å²) in [4.78, 5) is -0.308. The molecular weight excluding hydrogens is 359 g/mol. The van der Waals surface area contributed by atoms with Crippen molar-refractivity contribution in [1.29, 1.82) is 0 Å². The zero-order valence-electron chi connectivity index (χ0n) is 12.0. The highest BCUT2D eigenvalue weighted by molar-refractivity contribution is 9.10. The van der Waals surface area contributed by atoms with Crippen molar-refractivity contribution in [3.63, 3.8) is 0 Å². The van der Waals surface area contributed by atoms with E-state index in [1.165, 1.54) is 23.5 Å². The van der Waals surface area contributed by atoms with Crippen LogP contribution in [0.5, 0.6) is 0 Å². The number of rotatable bonds is 5. The smallest absolute Gasteiger partial charge is 0.245 e. The lowest BCUT2D eigenvalue weighted by molar-refractivity contribution is 0.385. The standard InChI is InChI=1S/C14H20BrFN2O2S/c1-18(9-10-4-2-3-5-10)21(19,20)13-7-12(15)6-11(8-17)14(13)16/h6-7,10H,2-5,8-9,17H2,1H3. The van der Waals surface area contributed by atoms with Crippen LogP contribution in [0, 0.1) is 11.7 Å². The minimum Gasteiger partial charge on any atom is -0.326 e. The first-order chi connectivity index (χ1) is 9.86. The van der Waals surface area contributed by atoms with Crippen LogP contribution in [0.15, 0.2) is 21.5 Å². The van der Waals surface area contributed by atoms with Crippen LogP contribution in [0.3, 0.4) is 0 Å². The number of halogens is 2. The molecule has 1 aromatic rings. The molecule has 0 aromatic heterocycles. The molecule has 1 fully saturated rings. The maximum absolute atomic E-state index is 14.3. The maximum Gasteiger partial charge on any atom is 0.245 e. The molecular formula is C14H20BrFN2O2S. The van der Waals surface area contributed by atoms with Gasteiger partial charge in [-0.25, -0.2) is 17.1 Å². The quantitative estimate of drug-likeness (QED) is 0.856. The van der Waals surface area contributed by atoms with Gasteiger partial charge in [0.25, 0.3) is 0 Å². The third-order valence-corrected chi connectivity index (χ3v) is 6.26. The van der Waals surface area contributed by atoms with Crippen LogP contribution >= 0.6 is 15.9 Å². The fourth-order valence-corrected chi connectivity index (χ4v) is 4.81. The summed E-state index contributed by atoms with van der Waals surface area (Å²) in [6.07, 6.45) is 4.35. The average Bonchev–Trinajstić information content (AvgIpc) is 2.93. The fourth-order valence-electron chi connectivity index (χ4n) is 2.78. The lowest BCUT2D eigenvalue weighted by Crippen LogP contribution is -2.32. The second kappa shape index (κ2) is 6.73. The molecule has 1 aliphatic rings. The Hall–Kier alpha value is -0.500. The minimum atomic E-state index is -3.84. The first kappa shape index (κ1) is 16.9. The van der Waals surface area contributed by atoms with Gasteiger partial charge in [-0.2, -0.15) is 0 Å². The Balaban J connectivity index is 2.32. The van der Waals surface area contributed by atoms with Crippen LogP contribution in [0.1, 0.15) is 31.2 Å². The highest BCUT2D eigenvalue weighted by atomic mass is 79.9. The molecule has 0 heterocycles. The SMILES string of the molecule is CN(CC1CCCC1)S(=O)(=O)c1cc(Br)cc(CN)c1F. The predicted molar refractivity (Wildman–Crippen MR) is 83.8 cm³/mol. The molecule has 1 saturated carbocycles. The van der Waals surface area contributed by atoms with Crippen LogP contribution in [-0.4, -0.2) is 26.3 Å². The van der Waals surface area contributed by atoms with Gasteiger partial charge >= 0.3 is 0 Å². The van der Waals surface area contributed by atoms with Crippen LogP contribution in [0.25, 0.3) is 0 Å². The van der Waals surface area contributed by atoms with Gasteiger partial charge in [0.2, 0.25) is 10.0 Å². The fraction of sp³-hybridized carbons (Fsp3) is 0.571. The van der Waals surface area contributed by atoms with Crippen molar-refractivity contribution in [3.8, 4) is 0 Å². The van der Waals surface area contributed by atoms with Crippen molar-refractivity contribution in [2.45, 2.75) is 37.1 Å². The molecule has 4 nitrogen and oxygen atoms in total. The minimum absolute atomic E-state index is 0.0415. The molecule has 0 unspecified atom stereocenters. The van der Waals surface area contributed by atoms with Crippen LogP contribution in [0.2, 0.25) is 0 Å². The molecule has 1 aromatic carbocycles. The largest absolute Gasteiger partial charge is 0.326 e. The zero-order valence-corrected chi connectivity index (χ0v) is 14.4. The van der Waals surface area contributed by atoms with E-state index in [2.05, 4.69) is 15.9 Å². The summed E-state index contributed by atoms with van der Waals surface area (Å²) >= 11 is 3.21. The van der Waals surface area contributed by atoms with Crippen molar-refractivity contribution < 1.29 is 12.8 Å². The summed E-state index contributed by atoms with van der Waals surface area (Å²) in [5, 5.41) is 0. The van der Waals surface area contributed by atoms with Crippen LogP contribution in [0.4, 0.5) is 4.39 Å². The number of sulfonamides is 1. The molecule has 118 valence electrons. The van der Waals surface area contributed by atoms with E-state index in [0.29, 0.717) is 16.9 Å². The van der Waals surface area contributed by atoms with E-state index in [-0.39, 0.29) is 17.0 Å². The second-order valence-electron chi connectivity index (χ2n) is 5.52. The molecule has 0 bridgehead atoms. The van der Waals surface area contributed by atoms with Crippen molar-refractivity contribution in [1.82, 2.24) is 4.31 Å². The Bertz CT molecular complexity index is 616. The molecule has 2 rings (SSSR count). The van der Waals surface area contributed by atoms with Gasteiger partial charge in [0.15, 0.2) is 0 Å². The van der Waals surface area contributed by atoms with E-state index >= 15 is 0 Å². The van der Waals surface area contributed by atoms with E-state index in [0.717, 1.165) is 25.7 Å². The molecule has 0 radical (unpaired) electrons. The molecule has 21 heavy (non-hydrogen) atoms. The Morgan fingerprint density at radius 2 is 2.00 bits per heavy atom. The van der Waals surface area contributed by atoms with Crippen molar-refractivity contribution in [2.24, 2.45) is 11.7 Å². The van der Waals surface area contributed by atoms with Crippen molar-refractivity contribution >= 4 is 26.0 Å². The summed E-state index contributed by atoms with van der Waals surface area (Å²) < 4.78 is 41.3. The van der Waals surface area contributed by atoms with E-state index in [4.69, 9.17) is 5.73 Å². The summed E-state index contributed by atoms with van der Waals surface area (Å²) in [7, 11) is -2.33. The van der Waals surface area contributed by atoms with Gasteiger partial charge in [0.1, 0.15) is 10.7 Å². The number of nitrogens with zero attached hydrogens (tertiary/aromatic N) is 1. The van der Waals surface area contributed by atoms with Gasteiger partial charge in [-0.3, -0.25) is 0 Å². The molecule has 2 N–H and O–H groups in total. The normalized spacial score (nSPS) is 16.8. The first-order valence-electron chi connectivity index (χ1n) is 7.00. The first-order valence-corrected chi connectivity index (χ1v) is 9.24. The third kappa shape index (κ3) is 3.64. The molecule has 0 aliphatic heterocycles. The summed E-state index contributed by atoms with van der Waals surface area (Å²) in [6.45, 7) is 0.395.